The van der Waals surface area contributed by atoms with Crippen molar-refractivity contribution in [2.45, 2.75) is 19.3 Å². The first kappa shape index (κ1) is 12.8. The van der Waals surface area contributed by atoms with Crippen molar-refractivity contribution in [3.63, 3.8) is 0 Å². The second-order valence-corrected chi connectivity index (χ2v) is 5.91. The van der Waals surface area contributed by atoms with Gasteiger partial charge in [0.2, 0.25) is 0 Å². The van der Waals surface area contributed by atoms with Gasteiger partial charge in [-0.2, -0.15) is 0 Å². The number of pyridine rings is 1. The summed E-state index contributed by atoms with van der Waals surface area (Å²) in [6.07, 6.45) is 3.55. The van der Waals surface area contributed by atoms with Crippen LogP contribution in [0.1, 0.15) is 17.7 Å². The summed E-state index contributed by atoms with van der Waals surface area (Å²) in [4.78, 5) is 7.38. The molecule has 3 nitrogen and oxygen atoms in total. The van der Waals surface area contributed by atoms with Crippen LogP contribution < -0.4 is 10.2 Å². The number of benzene rings is 1. The van der Waals surface area contributed by atoms with Crippen molar-refractivity contribution in [2.24, 2.45) is 0 Å². The molecular weight excluding hydrogens is 258 g/mol. The quantitative estimate of drug-likeness (QED) is 0.916. The standard InChI is InChI=1S/C18H21N3/c1-2-5-14(6-3-1)16-13-18(21-11-9-19-10-12-21)20-17-8-4-7-15(16)17/h1-3,5-6,13,19H,4,7-12H2. The van der Waals surface area contributed by atoms with E-state index in [9.17, 15) is 0 Å². The first-order valence-corrected chi connectivity index (χ1v) is 7.96. The zero-order chi connectivity index (χ0) is 14.1. The average Bonchev–Trinajstić information content (AvgIpc) is 3.04. The monoisotopic (exact) mass is 279 g/mol. The van der Waals surface area contributed by atoms with Gasteiger partial charge in [-0.3, -0.25) is 0 Å². The number of anilines is 1. The lowest BCUT2D eigenvalue weighted by molar-refractivity contribution is 0.584. The van der Waals surface area contributed by atoms with Gasteiger partial charge in [-0.25, -0.2) is 4.98 Å². The summed E-state index contributed by atoms with van der Waals surface area (Å²) in [6, 6.07) is 13.1. The maximum absolute atomic E-state index is 4.96. The van der Waals surface area contributed by atoms with Crippen LogP contribution in [-0.4, -0.2) is 31.2 Å². The molecule has 2 heterocycles. The highest BCUT2D eigenvalue weighted by molar-refractivity contribution is 5.72. The molecule has 1 N–H and O–H groups in total. The van der Waals surface area contributed by atoms with Crippen LogP contribution >= 0.6 is 0 Å². The van der Waals surface area contributed by atoms with Gasteiger partial charge in [0.1, 0.15) is 5.82 Å². The molecule has 2 aromatic rings. The smallest absolute Gasteiger partial charge is 0.129 e. The molecule has 0 unspecified atom stereocenters. The van der Waals surface area contributed by atoms with E-state index in [-0.39, 0.29) is 0 Å². The van der Waals surface area contributed by atoms with Crippen molar-refractivity contribution in [1.29, 1.82) is 0 Å². The Hall–Kier alpha value is -1.87. The number of hydrogen-bond donors (Lipinski definition) is 1. The second-order valence-electron chi connectivity index (χ2n) is 5.91. The van der Waals surface area contributed by atoms with E-state index >= 15 is 0 Å². The van der Waals surface area contributed by atoms with Gasteiger partial charge in [-0.1, -0.05) is 30.3 Å². The Morgan fingerprint density at radius 2 is 1.81 bits per heavy atom. The number of hydrogen-bond acceptors (Lipinski definition) is 3. The lowest BCUT2D eigenvalue weighted by atomic mass is 9.99. The molecule has 0 amide bonds. The van der Waals surface area contributed by atoms with E-state index in [2.05, 4.69) is 46.6 Å². The number of piperazine rings is 1. The minimum Gasteiger partial charge on any atom is -0.354 e. The highest BCUT2D eigenvalue weighted by atomic mass is 15.2. The Labute approximate surface area is 126 Å². The largest absolute Gasteiger partial charge is 0.354 e. The zero-order valence-corrected chi connectivity index (χ0v) is 12.3. The lowest BCUT2D eigenvalue weighted by Gasteiger charge is -2.29. The minimum atomic E-state index is 1.05. The summed E-state index contributed by atoms with van der Waals surface area (Å²) >= 11 is 0. The Kier molecular flexibility index (Phi) is 3.36. The van der Waals surface area contributed by atoms with E-state index in [0.29, 0.717) is 0 Å². The van der Waals surface area contributed by atoms with Crippen molar-refractivity contribution in [3.8, 4) is 11.1 Å². The fraction of sp³-hybridized carbons (Fsp3) is 0.389. The predicted octanol–water partition coefficient (Wildman–Crippen LogP) is 2.65. The van der Waals surface area contributed by atoms with Crippen LogP contribution in [-0.2, 0) is 12.8 Å². The van der Waals surface area contributed by atoms with Crippen molar-refractivity contribution < 1.29 is 0 Å². The van der Waals surface area contributed by atoms with Gasteiger partial charge in [-0.05, 0) is 42.0 Å². The maximum atomic E-state index is 4.96. The van der Waals surface area contributed by atoms with Crippen LogP contribution in [0.5, 0.6) is 0 Å². The Balaban J connectivity index is 1.80. The van der Waals surface area contributed by atoms with Crippen LogP contribution in [0.2, 0.25) is 0 Å². The van der Waals surface area contributed by atoms with Crippen molar-refractivity contribution in [1.82, 2.24) is 10.3 Å². The predicted molar refractivity (Wildman–Crippen MR) is 86.8 cm³/mol. The number of aromatic nitrogens is 1. The van der Waals surface area contributed by atoms with Gasteiger partial charge < -0.3 is 10.2 Å². The minimum absolute atomic E-state index is 1.05. The summed E-state index contributed by atoms with van der Waals surface area (Å²) in [5, 5.41) is 3.41. The van der Waals surface area contributed by atoms with Gasteiger partial charge in [0.25, 0.3) is 0 Å². The van der Waals surface area contributed by atoms with Crippen molar-refractivity contribution >= 4 is 5.82 Å². The average molecular weight is 279 g/mol. The molecule has 1 aliphatic carbocycles. The number of aryl methyl sites for hydroxylation is 1. The molecular formula is C18H21N3. The molecule has 2 aliphatic rings. The van der Waals surface area contributed by atoms with Crippen molar-refractivity contribution in [3.05, 3.63) is 47.7 Å². The molecule has 0 radical (unpaired) electrons. The summed E-state index contributed by atoms with van der Waals surface area (Å²) in [5.41, 5.74) is 5.52. The normalized spacial score (nSPS) is 17.8. The van der Waals surface area contributed by atoms with E-state index < -0.39 is 0 Å². The summed E-state index contributed by atoms with van der Waals surface area (Å²) < 4.78 is 0. The summed E-state index contributed by atoms with van der Waals surface area (Å²) in [5.74, 6) is 1.16. The molecule has 21 heavy (non-hydrogen) atoms. The molecule has 4 rings (SSSR count). The number of rotatable bonds is 2. The molecule has 0 spiro atoms. The van der Waals surface area contributed by atoms with E-state index in [1.165, 1.54) is 35.2 Å². The Bertz CT molecular complexity index is 630. The first-order valence-electron chi connectivity index (χ1n) is 7.96. The molecule has 1 aliphatic heterocycles. The third kappa shape index (κ3) is 2.42. The first-order chi connectivity index (χ1) is 10.4. The van der Waals surface area contributed by atoms with Crippen LogP contribution in [0.15, 0.2) is 36.4 Å². The SMILES string of the molecule is c1ccc(-c2cc(N3CCNCC3)nc3c2CCC3)cc1. The van der Waals surface area contributed by atoms with Crippen molar-refractivity contribution in [2.75, 3.05) is 31.1 Å². The molecule has 0 saturated carbocycles. The fourth-order valence-corrected chi connectivity index (χ4v) is 3.46. The molecule has 3 heteroatoms. The molecule has 0 bridgehead atoms. The van der Waals surface area contributed by atoms with E-state index in [4.69, 9.17) is 4.98 Å². The van der Waals surface area contributed by atoms with Crippen LogP contribution in [0.25, 0.3) is 11.1 Å². The highest BCUT2D eigenvalue weighted by Crippen LogP contribution is 2.34. The lowest BCUT2D eigenvalue weighted by Crippen LogP contribution is -2.44. The van der Waals surface area contributed by atoms with Crippen LogP contribution in [0.3, 0.4) is 0 Å². The van der Waals surface area contributed by atoms with E-state index in [0.717, 1.165) is 38.4 Å². The number of fused-ring (bicyclic) bond motifs is 1. The van der Waals surface area contributed by atoms with Gasteiger partial charge >= 0.3 is 0 Å². The van der Waals surface area contributed by atoms with Gasteiger partial charge in [0.05, 0.1) is 0 Å². The molecule has 108 valence electrons. The number of nitrogens with zero attached hydrogens (tertiary/aromatic N) is 2. The third-order valence-corrected chi connectivity index (χ3v) is 4.56. The Morgan fingerprint density at radius 3 is 2.62 bits per heavy atom. The van der Waals surface area contributed by atoms with E-state index in [1.807, 2.05) is 0 Å². The summed E-state index contributed by atoms with van der Waals surface area (Å²) in [7, 11) is 0. The topological polar surface area (TPSA) is 28.2 Å². The molecule has 1 aromatic heterocycles. The molecule has 0 atom stereocenters. The van der Waals surface area contributed by atoms with Crippen LogP contribution in [0.4, 0.5) is 5.82 Å². The van der Waals surface area contributed by atoms with Gasteiger partial charge in [0, 0.05) is 31.9 Å². The zero-order valence-electron chi connectivity index (χ0n) is 12.3. The number of nitrogens with one attached hydrogen (secondary N) is 1. The van der Waals surface area contributed by atoms with Gasteiger partial charge in [0.15, 0.2) is 0 Å². The molecule has 1 saturated heterocycles. The molecule has 1 aromatic carbocycles. The fourth-order valence-electron chi connectivity index (χ4n) is 3.46. The van der Waals surface area contributed by atoms with Gasteiger partial charge in [-0.15, -0.1) is 0 Å². The second kappa shape index (κ2) is 5.49. The maximum Gasteiger partial charge on any atom is 0.129 e. The highest BCUT2D eigenvalue weighted by Gasteiger charge is 2.21. The van der Waals surface area contributed by atoms with Crippen LogP contribution in [0, 0.1) is 0 Å². The summed E-state index contributed by atoms with van der Waals surface area (Å²) in [6.45, 7) is 4.22. The van der Waals surface area contributed by atoms with E-state index in [1.54, 1.807) is 0 Å². The Morgan fingerprint density at radius 1 is 1.00 bits per heavy atom. The third-order valence-electron chi connectivity index (χ3n) is 4.56. The molecule has 1 fully saturated rings.